The minimum absolute atomic E-state index is 0.133. The van der Waals surface area contributed by atoms with Gasteiger partial charge in [0, 0.05) is 17.7 Å². The Labute approximate surface area is 168 Å². The Morgan fingerprint density at radius 2 is 1.59 bits per heavy atom. The summed E-state index contributed by atoms with van der Waals surface area (Å²) in [6.07, 6.45) is 2.20. The van der Waals surface area contributed by atoms with Gasteiger partial charge in [0.2, 0.25) is 0 Å². The fraction of sp³-hybridized carbons (Fsp3) is 0.333. The zero-order valence-corrected chi connectivity index (χ0v) is 15.8. The van der Waals surface area contributed by atoms with Crippen LogP contribution in [0.25, 0.3) is 0 Å². The standard InChI is InChI=1S/C21H22N2O6/c24-20(14-3-6-16(7-4-14)29-13-17-2-1-9-26-17)22-23-21(25)15-5-8-18-19(12-15)28-11-10-27-18/h3-8,12,17H,1-2,9-11,13H2,(H,22,24)(H,23,25). The van der Waals surface area contributed by atoms with Crippen LogP contribution in [0.3, 0.4) is 0 Å². The molecule has 152 valence electrons. The van der Waals surface area contributed by atoms with Crippen LogP contribution < -0.4 is 25.1 Å². The summed E-state index contributed by atoms with van der Waals surface area (Å²) in [6, 6.07) is 11.6. The molecule has 1 atom stereocenters. The highest BCUT2D eigenvalue weighted by atomic mass is 16.6. The number of hydrogen-bond donors (Lipinski definition) is 2. The molecule has 2 N–H and O–H groups in total. The SMILES string of the molecule is O=C(NNC(=O)c1ccc2c(c1)OCCO2)c1ccc(OCC2CCCO2)cc1. The molecule has 1 saturated heterocycles. The van der Waals surface area contributed by atoms with E-state index in [0.29, 0.717) is 48.2 Å². The third-order valence-corrected chi connectivity index (χ3v) is 4.67. The first-order valence-electron chi connectivity index (χ1n) is 9.54. The number of nitrogens with one attached hydrogen (secondary N) is 2. The van der Waals surface area contributed by atoms with Crippen molar-refractivity contribution in [3.63, 3.8) is 0 Å². The number of benzene rings is 2. The van der Waals surface area contributed by atoms with Crippen molar-refractivity contribution in [1.29, 1.82) is 0 Å². The summed E-state index contributed by atoms with van der Waals surface area (Å²) in [5.41, 5.74) is 5.55. The van der Waals surface area contributed by atoms with Crippen LogP contribution in [0, 0.1) is 0 Å². The van der Waals surface area contributed by atoms with Gasteiger partial charge in [0.15, 0.2) is 11.5 Å². The first kappa shape index (κ1) is 19.1. The van der Waals surface area contributed by atoms with Gasteiger partial charge in [-0.15, -0.1) is 0 Å². The lowest BCUT2D eigenvalue weighted by molar-refractivity contribution is 0.0679. The fourth-order valence-electron chi connectivity index (χ4n) is 3.11. The number of carbonyl (C=O) groups excluding carboxylic acids is 2. The number of fused-ring (bicyclic) bond motifs is 1. The average Bonchev–Trinajstić information content (AvgIpc) is 3.29. The van der Waals surface area contributed by atoms with Crippen molar-refractivity contribution in [2.24, 2.45) is 0 Å². The van der Waals surface area contributed by atoms with E-state index in [0.717, 1.165) is 19.4 Å². The summed E-state index contributed by atoms with van der Waals surface area (Å²) in [6.45, 7) is 2.19. The van der Waals surface area contributed by atoms with Gasteiger partial charge >= 0.3 is 0 Å². The highest BCUT2D eigenvalue weighted by molar-refractivity contribution is 5.99. The Hall–Kier alpha value is -3.26. The lowest BCUT2D eigenvalue weighted by Crippen LogP contribution is -2.41. The van der Waals surface area contributed by atoms with E-state index in [-0.39, 0.29) is 6.10 Å². The molecule has 0 radical (unpaired) electrons. The second-order valence-electron chi connectivity index (χ2n) is 6.74. The van der Waals surface area contributed by atoms with E-state index in [2.05, 4.69) is 10.9 Å². The minimum Gasteiger partial charge on any atom is -0.491 e. The van der Waals surface area contributed by atoms with Gasteiger partial charge in [0.1, 0.15) is 25.6 Å². The second-order valence-corrected chi connectivity index (χ2v) is 6.74. The van der Waals surface area contributed by atoms with E-state index in [1.54, 1.807) is 42.5 Å². The lowest BCUT2D eigenvalue weighted by Gasteiger charge is -2.18. The van der Waals surface area contributed by atoms with E-state index in [1.165, 1.54) is 0 Å². The number of ether oxygens (including phenoxy) is 4. The Morgan fingerprint density at radius 1 is 0.897 bits per heavy atom. The Bertz CT molecular complexity index is 877. The molecule has 2 amide bonds. The highest BCUT2D eigenvalue weighted by Gasteiger charge is 2.17. The molecule has 0 bridgehead atoms. The van der Waals surface area contributed by atoms with Crippen molar-refractivity contribution < 1.29 is 28.5 Å². The molecule has 2 aromatic carbocycles. The summed E-state index contributed by atoms with van der Waals surface area (Å²) >= 11 is 0. The highest BCUT2D eigenvalue weighted by Crippen LogP contribution is 2.30. The van der Waals surface area contributed by atoms with Gasteiger partial charge in [0.05, 0.1) is 6.10 Å². The second kappa shape index (κ2) is 8.83. The zero-order chi connectivity index (χ0) is 20.1. The summed E-state index contributed by atoms with van der Waals surface area (Å²) in [5.74, 6) is 0.887. The van der Waals surface area contributed by atoms with Crippen LogP contribution in [-0.2, 0) is 4.74 Å². The largest absolute Gasteiger partial charge is 0.491 e. The van der Waals surface area contributed by atoms with E-state index in [9.17, 15) is 9.59 Å². The molecule has 0 aliphatic carbocycles. The van der Waals surface area contributed by atoms with Gasteiger partial charge in [-0.2, -0.15) is 0 Å². The average molecular weight is 398 g/mol. The van der Waals surface area contributed by atoms with Gasteiger partial charge in [-0.3, -0.25) is 20.4 Å². The monoisotopic (exact) mass is 398 g/mol. The third-order valence-electron chi connectivity index (χ3n) is 4.67. The maximum absolute atomic E-state index is 12.3. The van der Waals surface area contributed by atoms with Crippen LogP contribution in [0.15, 0.2) is 42.5 Å². The molecule has 2 heterocycles. The van der Waals surface area contributed by atoms with E-state index >= 15 is 0 Å². The van der Waals surface area contributed by atoms with Gasteiger partial charge in [0.25, 0.3) is 11.8 Å². The molecule has 0 spiro atoms. The van der Waals surface area contributed by atoms with Crippen LogP contribution in [0.5, 0.6) is 17.2 Å². The van der Waals surface area contributed by atoms with Gasteiger partial charge in [-0.05, 0) is 55.3 Å². The molecule has 1 unspecified atom stereocenters. The molecule has 0 saturated carbocycles. The quantitative estimate of drug-likeness (QED) is 0.749. The van der Waals surface area contributed by atoms with Crippen LogP contribution in [0.4, 0.5) is 0 Å². The van der Waals surface area contributed by atoms with Gasteiger partial charge < -0.3 is 18.9 Å². The third kappa shape index (κ3) is 4.78. The van der Waals surface area contributed by atoms with Crippen LogP contribution in [-0.4, -0.2) is 44.3 Å². The predicted octanol–water partition coefficient (Wildman–Crippen LogP) is 2.09. The van der Waals surface area contributed by atoms with Crippen molar-refractivity contribution in [3.8, 4) is 17.2 Å². The molecule has 2 aliphatic heterocycles. The summed E-state index contributed by atoms with van der Waals surface area (Å²) in [5, 5.41) is 0. The summed E-state index contributed by atoms with van der Waals surface area (Å²) in [7, 11) is 0. The fourth-order valence-corrected chi connectivity index (χ4v) is 3.11. The topological polar surface area (TPSA) is 95.1 Å². The van der Waals surface area contributed by atoms with Crippen molar-refractivity contribution in [2.75, 3.05) is 26.4 Å². The number of hydrogen-bond acceptors (Lipinski definition) is 6. The molecule has 8 nitrogen and oxygen atoms in total. The lowest BCUT2D eigenvalue weighted by atomic mass is 10.2. The normalized spacial score (nSPS) is 17.4. The van der Waals surface area contributed by atoms with Crippen LogP contribution in [0.1, 0.15) is 33.6 Å². The van der Waals surface area contributed by atoms with Crippen molar-refractivity contribution >= 4 is 11.8 Å². The number of carbonyl (C=O) groups is 2. The minimum atomic E-state index is -0.452. The smallest absolute Gasteiger partial charge is 0.269 e. The first-order chi connectivity index (χ1) is 14.2. The van der Waals surface area contributed by atoms with Gasteiger partial charge in [-0.1, -0.05) is 0 Å². The van der Waals surface area contributed by atoms with Crippen LogP contribution >= 0.6 is 0 Å². The van der Waals surface area contributed by atoms with E-state index < -0.39 is 11.8 Å². The van der Waals surface area contributed by atoms with E-state index in [1.807, 2.05) is 0 Å². The maximum Gasteiger partial charge on any atom is 0.269 e. The Morgan fingerprint density at radius 3 is 2.31 bits per heavy atom. The molecule has 8 heteroatoms. The Balaban J connectivity index is 1.28. The summed E-state index contributed by atoms with van der Waals surface area (Å²) in [4.78, 5) is 24.5. The molecule has 2 aliphatic rings. The molecular formula is C21H22N2O6. The van der Waals surface area contributed by atoms with Crippen LogP contribution in [0.2, 0.25) is 0 Å². The first-order valence-corrected chi connectivity index (χ1v) is 9.54. The summed E-state index contributed by atoms with van der Waals surface area (Å²) < 4.78 is 22.1. The van der Waals surface area contributed by atoms with Crippen molar-refractivity contribution in [3.05, 3.63) is 53.6 Å². The number of amides is 2. The Kier molecular flexibility index (Phi) is 5.81. The van der Waals surface area contributed by atoms with Crippen molar-refractivity contribution in [2.45, 2.75) is 18.9 Å². The molecule has 0 aromatic heterocycles. The zero-order valence-electron chi connectivity index (χ0n) is 15.8. The predicted molar refractivity (Wildman–Crippen MR) is 103 cm³/mol. The molecule has 29 heavy (non-hydrogen) atoms. The molecular weight excluding hydrogens is 376 g/mol. The molecule has 2 aromatic rings. The maximum atomic E-state index is 12.3. The van der Waals surface area contributed by atoms with Crippen molar-refractivity contribution in [1.82, 2.24) is 10.9 Å². The number of rotatable bonds is 5. The van der Waals surface area contributed by atoms with Gasteiger partial charge in [-0.25, -0.2) is 0 Å². The molecule has 4 rings (SSSR count). The number of hydrazine groups is 1. The molecule has 1 fully saturated rings. The van der Waals surface area contributed by atoms with E-state index in [4.69, 9.17) is 18.9 Å².